The van der Waals surface area contributed by atoms with Crippen molar-refractivity contribution in [3.63, 3.8) is 0 Å². The summed E-state index contributed by atoms with van der Waals surface area (Å²) in [4.78, 5) is 70.5. The van der Waals surface area contributed by atoms with Crippen molar-refractivity contribution >= 4 is 51.7 Å². The highest BCUT2D eigenvalue weighted by Gasteiger charge is 2.60. The van der Waals surface area contributed by atoms with E-state index in [9.17, 15) is 34.2 Å². The third-order valence-electron chi connectivity index (χ3n) is 5.30. The number of oxime groups is 1. The third-order valence-corrected chi connectivity index (χ3v) is 7.51. The number of fused-ring (bicyclic) bond motifs is 1. The summed E-state index contributed by atoms with van der Waals surface area (Å²) in [5.41, 5.74) is 0.897. The molecule has 2 unspecified atom stereocenters. The Morgan fingerprint density at radius 2 is 2.09 bits per heavy atom. The second kappa shape index (κ2) is 7.59. The first-order chi connectivity index (χ1) is 15.1. The minimum absolute atomic E-state index is 0.159. The summed E-state index contributed by atoms with van der Waals surface area (Å²) in [5.74, 6) is -3.86. The zero-order chi connectivity index (χ0) is 23.4. The minimum Gasteiger partial charge on any atom is -0.504 e. The highest BCUT2D eigenvalue weighted by molar-refractivity contribution is 8.00. The number of thiazole rings is 1. The number of hydrogen-bond acceptors (Lipinski definition) is 12. The maximum Gasteiger partial charge on any atom is 0.317 e. The van der Waals surface area contributed by atoms with Crippen molar-refractivity contribution < 1.29 is 29.4 Å². The first kappa shape index (κ1) is 21.8. The third kappa shape index (κ3) is 3.03. The molecule has 2 amide bonds. The molecule has 2 saturated heterocycles. The molecule has 0 aliphatic carbocycles. The first-order valence-electron chi connectivity index (χ1n) is 8.94. The number of nitrogens with two attached hydrogens (primary N) is 1. The van der Waals surface area contributed by atoms with Crippen LogP contribution in [0.5, 0.6) is 5.75 Å². The van der Waals surface area contributed by atoms with Crippen LogP contribution < -0.4 is 21.9 Å². The van der Waals surface area contributed by atoms with Crippen LogP contribution in [0.3, 0.4) is 0 Å². The van der Waals surface area contributed by atoms with E-state index >= 15 is 0 Å². The van der Waals surface area contributed by atoms with E-state index in [1.807, 2.05) is 0 Å². The number of nitrogens with one attached hydrogen (secondary N) is 1. The monoisotopic (exact) mass is 481 g/mol. The van der Waals surface area contributed by atoms with Gasteiger partial charge < -0.3 is 31.0 Å². The number of nitrogens with zero attached hydrogens (tertiary/aromatic N) is 3. The van der Waals surface area contributed by atoms with E-state index in [2.05, 4.69) is 20.3 Å². The molecule has 0 bridgehead atoms. The van der Waals surface area contributed by atoms with Gasteiger partial charge in [-0.2, -0.15) is 0 Å². The lowest BCUT2D eigenvalue weighted by molar-refractivity contribution is -0.154. The molecule has 0 radical (unpaired) electrons. The smallest absolute Gasteiger partial charge is 0.317 e. The number of aromatic nitrogens is 1. The normalized spacial score (nSPS) is 25.2. The quantitative estimate of drug-likeness (QED) is 0.151. The van der Waals surface area contributed by atoms with E-state index in [-0.39, 0.29) is 22.3 Å². The van der Waals surface area contributed by atoms with Crippen LogP contribution in [0.25, 0.3) is 0 Å². The SMILES string of the molecule is CON=C(C(=O)NC1C(=O)N2CC(C(=O)O)(c3c(O)c(=O)c3=O)CS[C@H]12)c1csc(N)n1. The largest absolute Gasteiger partial charge is 0.504 e. The number of thioether (sulfide) groups is 1. The minimum atomic E-state index is -1.92. The second-order valence-electron chi connectivity index (χ2n) is 7.08. The van der Waals surface area contributed by atoms with E-state index < -0.39 is 63.3 Å². The summed E-state index contributed by atoms with van der Waals surface area (Å²) in [6, 6.07) is -0.987. The molecule has 4 rings (SSSR count). The Hall–Kier alpha value is -3.46. The summed E-state index contributed by atoms with van der Waals surface area (Å²) in [6.07, 6.45) is 0. The van der Waals surface area contributed by atoms with E-state index in [4.69, 9.17) is 5.73 Å². The highest BCUT2D eigenvalue weighted by atomic mass is 32.2. The number of carbonyl (C=O) groups is 3. The fourth-order valence-corrected chi connectivity index (χ4v) is 5.79. The molecule has 1 aromatic carbocycles. The highest BCUT2D eigenvalue weighted by Crippen LogP contribution is 2.44. The Kier molecular flexibility index (Phi) is 5.16. The van der Waals surface area contributed by atoms with Gasteiger partial charge in [0.15, 0.2) is 16.6 Å². The number of carboxylic acids is 1. The van der Waals surface area contributed by atoms with Crippen LogP contribution in [0.2, 0.25) is 0 Å². The predicted molar refractivity (Wildman–Crippen MR) is 112 cm³/mol. The molecular weight excluding hydrogens is 466 g/mol. The number of carboxylic acid groups (broad SMARTS) is 1. The van der Waals surface area contributed by atoms with E-state index in [1.54, 1.807) is 0 Å². The van der Waals surface area contributed by atoms with Gasteiger partial charge in [-0.1, -0.05) is 5.16 Å². The molecule has 0 spiro atoms. The maximum absolute atomic E-state index is 12.7. The molecule has 3 heterocycles. The van der Waals surface area contributed by atoms with Gasteiger partial charge in [0.25, 0.3) is 11.3 Å². The maximum atomic E-state index is 12.7. The average Bonchev–Trinajstić information content (AvgIpc) is 3.20. The number of β-lactam (4-membered cyclic amide) rings is 1. The van der Waals surface area contributed by atoms with Crippen LogP contribution in [0.15, 0.2) is 20.1 Å². The molecule has 2 aliphatic rings. The van der Waals surface area contributed by atoms with Crippen LogP contribution >= 0.6 is 23.1 Å². The van der Waals surface area contributed by atoms with Gasteiger partial charge in [-0.15, -0.1) is 23.1 Å². The summed E-state index contributed by atoms with van der Waals surface area (Å²) < 4.78 is 0. The van der Waals surface area contributed by atoms with Crippen molar-refractivity contribution in [3.8, 4) is 5.75 Å². The van der Waals surface area contributed by atoms with Gasteiger partial charge in [-0.25, -0.2) is 4.98 Å². The van der Waals surface area contributed by atoms with E-state index in [1.165, 1.54) is 17.4 Å². The number of aliphatic carboxylic acids is 1. The van der Waals surface area contributed by atoms with Crippen LogP contribution in [0.4, 0.5) is 5.13 Å². The van der Waals surface area contributed by atoms with Gasteiger partial charge in [-0.05, 0) is 0 Å². The van der Waals surface area contributed by atoms with E-state index in [0.717, 1.165) is 23.1 Å². The number of hydrogen-bond donors (Lipinski definition) is 4. The Balaban J connectivity index is 1.53. The molecule has 168 valence electrons. The molecule has 3 atom stereocenters. The zero-order valence-corrected chi connectivity index (χ0v) is 17.9. The topological polar surface area (TPSA) is 202 Å². The summed E-state index contributed by atoms with van der Waals surface area (Å²) >= 11 is 2.09. The van der Waals surface area contributed by atoms with Gasteiger partial charge >= 0.3 is 5.97 Å². The van der Waals surface area contributed by atoms with Crippen molar-refractivity contribution in [2.24, 2.45) is 5.16 Å². The van der Waals surface area contributed by atoms with E-state index in [0.29, 0.717) is 0 Å². The Labute approximate surface area is 186 Å². The van der Waals surface area contributed by atoms with Crippen LogP contribution in [0.1, 0.15) is 11.3 Å². The van der Waals surface area contributed by atoms with Crippen molar-refractivity contribution in [1.29, 1.82) is 0 Å². The zero-order valence-electron chi connectivity index (χ0n) is 16.2. The Morgan fingerprint density at radius 3 is 2.66 bits per heavy atom. The summed E-state index contributed by atoms with van der Waals surface area (Å²) in [7, 11) is 1.23. The van der Waals surface area contributed by atoms with Crippen molar-refractivity contribution in [1.82, 2.24) is 15.2 Å². The number of carbonyl (C=O) groups excluding carboxylic acids is 2. The van der Waals surface area contributed by atoms with Crippen LogP contribution in [-0.2, 0) is 24.6 Å². The molecule has 13 nitrogen and oxygen atoms in total. The van der Waals surface area contributed by atoms with Crippen LogP contribution in [0, 0.1) is 0 Å². The predicted octanol–water partition coefficient (Wildman–Crippen LogP) is -2.20. The molecule has 1 aromatic heterocycles. The van der Waals surface area contributed by atoms with Gasteiger partial charge in [0.2, 0.25) is 11.3 Å². The fraction of sp³-hybridized carbons (Fsp3) is 0.353. The number of nitrogen functional groups attached to an aromatic ring is 1. The van der Waals surface area contributed by atoms with Gasteiger partial charge in [-0.3, -0.25) is 24.0 Å². The number of aromatic hydroxyl groups is 1. The molecule has 0 saturated carbocycles. The molecule has 2 aliphatic heterocycles. The lowest BCUT2D eigenvalue weighted by Gasteiger charge is -2.53. The number of amides is 2. The fourth-order valence-electron chi connectivity index (χ4n) is 3.69. The molecule has 32 heavy (non-hydrogen) atoms. The summed E-state index contributed by atoms with van der Waals surface area (Å²) in [6.45, 7) is -0.425. The standard InChI is InChI=1S/C17H15N5O8S2/c1-30-21-7(5-2-31-16(18)19-5)12(26)20-8-13(27)22-3-17(15(28)29,4-32-14(8)22)6-9(23)11(25)10(6)24/h2,8,14,23H,3-4H2,1H3,(H2,18,19)(H,20,26)(H,28,29)/t8?,14-,17?/m1/s1. The average molecular weight is 481 g/mol. The molecule has 2 fully saturated rings. The number of anilines is 1. The molecule has 2 aromatic rings. The van der Waals surface area contributed by atoms with Gasteiger partial charge in [0, 0.05) is 17.7 Å². The summed E-state index contributed by atoms with van der Waals surface area (Å²) in [5, 5.41) is 26.8. The van der Waals surface area contributed by atoms with Gasteiger partial charge in [0.1, 0.15) is 29.6 Å². The molecule has 5 N–H and O–H groups in total. The van der Waals surface area contributed by atoms with Crippen molar-refractivity contribution in [2.45, 2.75) is 16.8 Å². The first-order valence-corrected chi connectivity index (χ1v) is 10.9. The van der Waals surface area contributed by atoms with Crippen molar-refractivity contribution in [3.05, 3.63) is 37.1 Å². The second-order valence-corrected chi connectivity index (χ2v) is 9.08. The number of rotatable bonds is 6. The van der Waals surface area contributed by atoms with Crippen molar-refractivity contribution in [2.75, 3.05) is 25.1 Å². The molecule has 15 heteroatoms. The lowest BCUT2D eigenvalue weighted by atomic mass is 9.77. The Bertz CT molecular complexity index is 1250. The van der Waals surface area contributed by atoms with Crippen LogP contribution in [-0.4, -0.2) is 74.4 Å². The van der Waals surface area contributed by atoms with Gasteiger partial charge in [0.05, 0.1) is 5.56 Å². The lowest BCUT2D eigenvalue weighted by Crippen LogP contribution is -2.75. The Morgan fingerprint density at radius 1 is 1.38 bits per heavy atom. The molecular formula is C17H15N5O8S2.